The lowest BCUT2D eigenvalue weighted by molar-refractivity contribution is 0.0601. The first kappa shape index (κ1) is 13.9. The zero-order chi connectivity index (χ0) is 14.7. The number of halogens is 1. The van der Waals surface area contributed by atoms with Gasteiger partial charge in [0.2, 0.25) is 0 Å². The van der Waals surface area contributed by atoms with Gasteiger partial charge in [0.05, 0.1) is 23.3 Å². The molecule has 1 N–H and O–H groups in total. The van der Waals surface area contributed by atoms with Gasteiger partial charge >= 0.3 is 5.97 Å². The van der Waals surface area contributed by atoms with Crippen molar-refractivity contribution < 1.29 is 14.6 Å². The lowest BCUT2D eigenvalue weighted by Gasteiger charge is -2.07. The van der Waals surface area contributed by atoms with E-state index in [2.05, 4.69) is 4.74 Å². The first-order chi connectivity index (χ1) is 9.56. The Balaban J connectivity index is 2.45. The Bertz CT molecular complexity index is 720. The molecule has 0 bridgehead atoms. The van der Waals surface area contributed by atoms with Crippen LogP contribution in [0.3, 0.4) is 0 Å². The summed E-state index contributed by atoms with van der Waals surface area (Å²) in [5.74, 6) is -0.609. The summed E-state index contributed by atoms with van der Waals surface area (Å²) in [6.07, 6.45) is 0. The summed E-state index contributed by atoms with van der Waals surface area (Å²) >= 11 is 6.04. The van der Waals surface area contributed by atoms with Crippen molar-refractivity contribution in [2.45, 2.75) is 0 Å². The largest absolute Gasteiger partial charge is 0.507 e. The summed E-state index contributed by atoms with van der Waals surface area (Å²) in [4.78, 5) is 11.4. The third-order valence-corrected chi connectivity index (χ3v) is 3.14. The van der Waals surface area contributed by atoms with Gasteiger partial charge in [-0.1, -0.05) is 23.7 Å². The van der Waals surface area contributed by atoms with Gasteiger partial charge in [-0.05, 0) is 35.4 Å². The molecule has 2 aromatic rings. The number of rotatable bonds is 2. The van der Waals surface area contributed by atoms with Crippen LogP contribution < -0.4 is 0 Å². The van der Waals surface area contributed by atoms with Crippen LogP contribution in [0.4, 0.5) is 0 Å². The quantitative estimate of drug-likeness (QED) is 0.860. The van der Waals surface area contributed by atoms with E-state index in [4.69, 9.17) is 16.9 Å². The van der Waals surface area contributed by atoms with E-state index in [-0.39, 0.29) is 21.9 Å². The van der Waals surface area contributed by atoms with Crippen LogP contribution in [0.25, 0.3) is 11.1 Å². The molecule has 2 aromatic carbocycles. The van der Waals surface area contributed by atoms with Gasteiger partial charge < -0.3 is 9.84 Å². The number of ether oxygens (including phenoxy) is 1. The summed E-state index contributed by atoms with van der Waals surface area (Å²) in [7, 11) is 1.28. The standard InChI is InChI=1S/C15H10ClNO3/c1-20-15(19)12-5-4-9(6-13(12)16)10-2-3-11(8-17)14(18)7-10/h2-7,18H,1H3. The molecule has 0 aliphatic rings. The molecule has 0 heterocycles. The van der Waals surface area contributed by atoms with Crippen LogP contribution in [-0.2, 0) is 4.74 Å². The van der Waals surface area contributed by atoms with E-state index >= 15 is 0 Å². The fourth-order valence-corrected chi connectivity index (χ4v) is 2.03. The first-order valence-corrected chi connectivity index (χ1v) is 6.06. The van der Waals surface area contributed by atoms with Crippen LogP contribution in [0.15, 0.2) is 36.4 Å². The molecule has 100 valence electrons. The van der Waals surface area contributed by atoms with E-state index in [0.29, 0.717) is 5.56 Å². The lowest BCUT2D eigenvalue weighted by Crippen LogP contribution is -2.01. The van der Waals surface area contributed by atoms with Crippen LogP contribution in [0.1, 0.15) is 15.9 Å². The molecule has 4 nitrogen and oxygen atoms in total. The van der Waals surface area contributed by atoms with Gasteiger partial charge in [-0.3, -0.25) is 0 Å². The number of phenolic OH excluding ortho intramolecular Hbond substituents is 1. The predicted octanol–water partition coefficient (Wildman–Crippen LogP) is 3.37. The van der Waals surface area contributed by atoms with Crippen molar-refractivity contribution in [3.63, 3.8) is 0 Å². The number of carbonyl (C=O) groups is 1. The Hall–Kier alpha value is -2.51. The van der Waals surface area contributed by atoms with Crippen molar-refractivity contribution in [3.8, 4) is 22.9 Å². The topological polar surface area (TPSA) is 70.3 Å². The highest BCUT2D eigenvalue weighted by Crippen LogP contribution is 2.29. The number of aromatic hydroxyl groups is 1. The molecule has 0 saturated carbocycles. The summed E-state index contributed by atoms with van der Waals surface area (Å²) in [5, 5.41) is 18.7. The molecule has 0 unspecified atom stereocenters. The Kier molecular flexibility index (Phi) is 3.92. The molecule has 0 saturated heterocycles. The fraction of sp³-hybridized carbons (Fsp3) is 0.0667. The second-order valence-corrected chi connectivity index (χ2v) is 4.44. The summed E-state index contributed by atoms with van der Waals surface area (Å²) in [6, 6.07) is 11.4. The predicted molar refractivity (Wildman–Crippen MR) is 74.6 cm³/mol. The van der Waals surface area contributed by atoms with Gasteiger partial charge in [-0.25, -0.2) is 4.79 Å². The third kappa shape index (κ3) is 2.58. The van der Waals surface area contributed by atoms with Gasteiger partial charge in [0.15, 0.2) is 0 Å². The van der Waals surface area contributed by atoms with E-state index in [1.807, 2.05) is 6.07 Å². The van der Waals surface area contributed by atoms with Crippen LogP contribution in [0.5, 0.6) is 5.75 Å². The number of hydrogen-bond acceptors (Lipinski definition) is 4. The molecule has 0 radical (unpaired) electrons. The molecule has 0 aliphatic carbocycles. The molecule has 5 heteroatoms. The maximum atomic E-state index is 11.4. The molecular formula is C15H10ClNO3. The normalized spacial score (nSPS) is 9.85. The number of nitrogens with zero attached hydrogens (tertiary/aromatic N) is 1. The van der Waals surface area contributed by atoms with Crippen molar-refractivity contribution in [2.24, 2.45) is 0 Å². The number of benzene rings is 2. The number of esters is 1. The number of nitriles is 1. The highest BCUT2D eigenvalue weighted by molar-refractivity contribution is 6.33. The minimum atomic E-state index is -0.510. The van der Waals surface area contributed by atoms with Crippen molar-refractivity contribution in [1.29, 1.82) is 5.26 Å². The van der Waals surface area contributed by atoms with Crippen molar-refractivity contribution >= 4 is 17.6 Å². The van der Waals surface area contributed by atoms with Crippen LogP contribution in [0.2, 0.25) is 5.02 Å². The Labute approximate surface area is 120 Å². The smallest absolute Gasteiger partial charge is 0.339 e. The van der Waals surface area contributed by atoms with Gasteiger partial charge in [-0.2, -0.15) is 5.26 Å². The third-order valence-electron chi connectivity index (χ3n) is 2.83. The first-order valence-electron chi connectivity index (χ1n) is 5.68. The van der Waals surface area contributed by atoms with E-state index in [9.17, 15) is 9.90 Å². The maximum Gasteiger partial charge on any atom is 0.339 e. The van der Waals surface area contributed by atoms with Gasteiger partial charge in [0.1, 0.15) is 11.8 Å². The van der Waals surface area contributed by atoms with E-state index in [0.717, 1.165) is 5.56 Å². The van der Waals surface area contributed by atoms with Crippen LogP contribution in [-0.4, -0.2) is 18.2 Å². The van der Waals surface area contributed by atoms with Crippen molar-refractivity contribution in [1.82, 2.24) is 0 Å². The second kappa shape index (κ2) is 5.64. The van der Waals surface area contributed by atoms with Crippen molar-refractivity contribution in [2.75, 3.05) is 7.11 Å². The average Bonchev–Trinajstić information content (AvgIpc) is 2.46. The zero-order valence-electron chi connectivity index (χ0n) is 10.6. The summed E-state index contributed by atoms with van der Waals surface area (Å²) < 4.78 is 4.61. The monoisotopic (exact) mass is 287 g/mol. The minimum Gasteiger partial charge on any atom is -0.507 e. The fourth-order valence-electron chi connectivity index (χ4n) is 1.78. The zero-order valence-corrected chi connectivity index (χ0v) is 11.3. The Morgan fingerprint density at radius 1 is 1.25 bits per heavy atom. The molecule has 2 rings (SSSR count). The molecule has 20 heavy (non-hydrogen) atoms. The van der Waals surface area contributed by atoms with Crippen molar-refractivity contribution in [3.05, 3.63) is 52.5 Å². The SMILES string of the molecule is COC(=O)c1ccc(-c2ccc(C#N)c(O)c2)cc1Cl. The Morgan fingerprint density at radius 2 is 1.90 bits per heavy atom. The average molecular weight is 288 g/mol. The van der Waals surface area contributed by atoms with E-state index in [1.54, 1.807) is 24.3 Å². The summed E-state index contributed by atoms with van der Waals surface area (Å²) in [5.41, 5.74) is 1.89. The number of phenols is 1. The molecule has 0 amide bonds. The molecule has 0 fully saturated rings. The van der Waals surface area contributed by atoms with Gasteiger partial charge in [-0.15, -0.1) is 0 Å². The highest BCUT2D eigenvalue weighted by atomic mass is 35.5. The number of carbonyl (C=O) groups excluding carboxylic acids is 1. The molecule has 0 spiro atoms. The molecule has 0 aromatic heterocycles. The lowest BCUT2D eigenvalue weighted by atomic mass is 10.0. The molecular weight excluding hydrogens is 278 g/mol. The second-order valence-electron chi connectivity index (χ2n) is 4.03. The summed E-state index contributed by atoms with van der Waals surface area (Å²) in [6.45, 7) is 0. The number of hydrogen-bond donors (Lipinski definition) is 1. The number of methoxy groups -OCH3 is 1. The van der Waals surface area contributed by atoms with Crippen LogP contribution in [0, 0.1) is 11.3 Å². The van der Waals surface area contributed by atoms with Crippen LogP contribution >= 0.6 is 11.6 Å². The van der Waals surface area contributed by atoms with Gasteiger partial charge in [0, 0.05) is 0 Å². The molecule has 0 atom stereocenters. The highest BCUT2D eigenvalue weighted by Gasteiger charge is 2.12. The van der Waals surface area contributed by atoms with E-state index < -0.39 is 5.97 Å². The van der Waals surface area contributed by atoms with E-state index in [1.165, 1.54) is 19.2 Å². The maximum absolute atomic E-state index is 11.4. The van der Waals surface area contributed by atoms with Gasteiger partial charge in [0.25, 0.3) is 0 Å². The minimum absolute atomic E-state index is 0.0989. The Morgan fingerprint density at radius 3 is 2.45 bits per heavy atom. The molecule has 0 aliphatic heterocycles.